The van der Waals surface area contributed by atoms with Gasteiger partial charge in [0.1, 0.15) is 6.61 Å². The molecule has 1 aromatic heterocycles. The Hall–Kier alpha value is -2.07. The molecule has 0 aliphatic rings. The molecule has 2 aromatic rings. The lowest BCUT2D eigenvalue weighted by atomic mass is 10.1. The Kier molecular flexibility index (Phi) is 4.81. The number of furan rings is 1. The lowest BCUT2D eigenvalue weighted by Crippen LogP contribution is -2.24. The lowest BCUT2D eigenvalue weighted by Gasteiger charge is -2.08. The molecule has 0 spiro atoms. The average Bonchev–Trinajstić information content (AvgIpc) is 2.96. The fourth-order valence-electron chi connectivity index (χ4n) is 1.76. The number of rotatable bonds is 4. The fraction of sp³-hybridized carbons (Fsp3) is 0.200. The van der Waals surface area contributed by atoms with E-state index in [2.05, 4.69) is 16.6 Å². The van der Waals surface area contributed by atoms with E-state index in [1.165, 1.54) is 18.6 Å². The number of sulfonamides is 1. The highest BCUT2D eigenvalue weighted by atomic mass is 32.2. The van der Waals surface area contributed by atoms with Gasteiger partial charge >= 0.3 is 0 Å². The first-order valence-corrected chi connectivity index (χ1v) is 7.72. The van der Waals surface area contributed by atoms with Gasteiger partial charge in [0.15, 0.2) is 0 Å². The van der Waals surface area contributed by atoms with Crippen LogP contribution in [0.3, 0.4) is 0 Å². The molecular formula is C15H15NO4S. The summed E-state index contributed by atoms with van der Waals surface area (Å²) in [5, 5.41) is 8.77. The van der Waals surface area contributed by atoms with Crippen LogP contribution >= 0.6 is 0 Å². The molecule has 6 heteroatoms. The molecule has 1 heterocycles. The van der Waals surface area contributed by atoms with E-state index in [0.717, 1.165) is 11.1 Å². The number of benzene rings is 1. The van der Waals surface area contributed by atoms with Gasteiger partial charge in [-0.2, -0.15) is 0 Å². The molecular weight excluding hydrogens is 290 g/mol. The minimum atomic E-state index is -3.69. The highest BCUT2D eigenvalue weighted by Gasteiger charge is 2.17. The summed E-state index contributed by atoms with van der Waals surface area (Å²) in [6.07, 6.45) is 2.96. The van der Waals surface area contributed by atoms with Crippen LogP contribution in [0.5, 0.6) is 0 Å². The van der Waals surface area contributed by atoms with E-state index >= 15 is 0 Å². The molecule has 0 saturated carbocycles. The summed E-state index contributed by atoms with van der Waals surface area (Å²) in [6.45, 7) is 1.66. The van der Waals surface area contributed by atoms with E-state index < -0.39 is 10.0 Å². The normalized spacial score (nSPS) is 11.0. The van der Waals surface area contributed by atoms with Crippen LogP contribution < -0.4 is 4.72 Å². The molecule has 0 aliphatic carbocycles. The minimum absolute atomic E-state index is 0.0949. The zero-order valence-corrected chi connectivity index (χ0v) is 12.3. The van der Waals surface area contributed by atoms with Crippen molar-refractivity contribution in [3.05, 3.63) is 53.5 Å². The molecule has 0 radical (unpaired) electrons. The summed E-state index contributed by atoms with van der Waals surface area (Å²) >= 11 is 0. The summed E-state index contributed by atoms with van der Waals surface area (Å²) in [5.74, 6) is 5.14. The van der Waals surface area contributed by atoms with Crippen molar-refractivity contribution in [1.29, 1.82) is 0 Å². The van der Waals surface area contributed by atoms with Gasteiger partial charge in [-0.15, -0.1) is 0 Å². The molecule has 0 saturated heterocycles. The number of aliphatic hydroxyl groups excluding tert-OH is 1. The van der Waals surface area contributed by atoms with Gasteiger partial charge in [-0.25, -0.2) is 13.1 Å². The molecule has 0 amide bonds. The van der Waals surface area contributed by atoms with Gasteiger partial charge in [-0.1, -0.05) is 17.9 Å². The largest absolute Gasteiger partial charge is 0.472 e. The quantitative estimate of drug-likeness (QED) is 0.837. The van der Waals surface area contributed by atoms with E-state index in [9.17, 15) is 8.42 Å². The summed E-state index contributed by atoms with van der Waals surface area (Å²) in [5.41, 5.74) is 1.99. The summed E-state index contributed by atoms with van der Waals surface area (Å²) in [6, 6.07) is 6.57. The second kappa shape index (κ2) is 6.59. The van der Waals surface area contributed by atoms with Gasteiger partial charge < -0.3 is 9.52 Å². The Labute approximate surface area is 123 Å². The van der Waals surface area contributed by atoms with Gasteiger partial charge in [0.05, 0.1) is 17.4 Å². The number of aliphatic hydroxyl groups is 1. The van der Waals surface area contributed by atoms with Crippen molar-refractivity contribution in [3.8, 4) is 11.8 Å². The first kappa shape index (κ1) is 15.3. The number of aryl methyl sites for hydroxylation is 1. The highest BCUT2D eigenvalue weighted by Crippen LogP contribution is 2.17. The van der Waals surface area contributed by atoms with Crippen molar-refractivity contribution in [2.45, 2.75) is 18.4 Å². The average molecular weight is 305 g/mol. The lowest BCUT2D eigenvalue weighted by molar-refractivity contribution is 0.350. The van der Waals surface area contributed by atoms with Crippen molar-refractivity contribution >= 4 is 10.0 Å². The molecule has 0 unspecified atom stereocenters. The smallest absolute Gasteiger partial charge is 0.242 e. The maximum absolute atomic E-state index is 12.4. The third-order valence-electron chi connectivity index (χ3n) is 2.77. The van der Waals surface area contributed by atoms with Crippen molar-refractivity contribution in [2.24, 2.45) is 0 Å². The topological polar surface area (TPSA) is 79.5 Å². The van der Waals surface area contributed by atoms with E-state index in [1.54, 1.807) is 18.2 Å². The first-order valence-electron chi connectivity index (χ1n) is 6.24. The van der Waals surface area contributed by atoms with Crippen molar-refractivity contribution in [3.63, 3.8) is 0 Å². The van der Waals surface area contributed by atoms with Gasteiger partial charge in [-0.3, -0.25) is 0 Å². The SMILES string of the molecule is Cc1ccc(S(=O)(=O)NCc2ccoc2)c(C#CCO)c1. The number of hydrogen-bond acceptors (Lipinski definition) is 4. The molecule has 1 aromatic carbocycles. The maximum Gasteiger partial charge on any atom is 0.242 e. The van der Waals surface area contributed by atoms with Crippen LogP contribution in [-0.2, 0) is 16.6 Å². The van der Waals surface area contributed by atoms with E-state index in [0.29, 0.717) is 5.56 Å². The molecule has 0 aliphatic heterocycles. The Bertz CT molecular complexity index is 768. The molecule has 5 nitrogen and oxygen atoms in total. The molecule has 2 rings (SSSR count). The van der Waals surface area contributed by atoms with E-state index in [4.69, 9.17) is 9.52 Å². The van der Waals surface area contributed by atoms with E-state index in [1.807, 2.05) is 6.92 Å². The Balaban J connectivity index is 2.30. The van der Waals surface area contributed by atoms with Crippen molar-refractivity contribution < 1.29 is 17.9 Å². The molecule has 0 bridgehead atoms. The van der Waals surface area contributed by atoms with Gasteiger partial charge in [0, 0.05) is 17.7 Å². The van der Waals surface area contributed by atoms with Crippen molar-refractivity contribution in [2.75, 3.05) is 6.61 Å². The van der Waals surface area contributed by atoms with Gasteiger partial charge in [0.25, 0.3) is 0 Å². The third kappa shape index (κ3) is 3.95. The maximum atomic E-state index is 12.4. The third-order valence-corrected chi connectivity index (χ3v) is 4.23. The predicted octanol–water partition coefficient (Wildman–Crippen LogP) is 1.41. The molecule has 0 atom stereocenters. The van der Waals surface area contributed by atoms with Crippen LogP contribution in [-0.4, -0.2) is 20.1 Å². The van der Waals surface area contributed by atoms with Crippen LogP contribution in [0.25, 0.3) is 0 Å². The molecule has 21 heavy (non-hydrogen) atoms. The highest BCUT2D eigenvalue weighted by molar-refractivity contribution is 7.89. The standard InChI is InChI=1S/C15H15NO4S/c1-12-4-5-15(14(9-12)3-2-7-17)21(18,19)16-10-13-6-8-20-11-13/h4-6,8-9,11,16-17H,7,10H2,1H3. The second-order valence-electron chi connectivity index (χ2n) is 4.42. The van der Waals surface area contributed by atoms with E-state index in [-0.39, 0.29) is 18.0 Å². The monoisotopic (exact) mass is 305 g/mol. The predicted molar refractivity (Wildman–Crippen MR) is 77.9 cm³/mol. The molecule has 110 valence electrons. The molecule has 0 fully saturated rings. The Morgan fingerprint density at radius 1 is 1.33 bits per heavy atom. The summed E-state index contributed by atoms with van der Waals surface area (Å²) in [7, 11) is -3.69. The van der Waals surface area contributed by atoms with Gasteiger partial charge in [-0.05, 0) is 30.7 Å². The second-order valence-corrected chi connectivity index (χ2v) is 6.15. The minimum Gasteiger partial charge on any atom is -0.472 e. The summed E-state index contributed by atoms with van der Waals surface area (Å²) in [4.78, 5) is 0.0949. The summed E-state index contributed by atoms with van der Waals surface area (Å²) < 4.78 is 32.1. The van der Waals surface area contributed by atoms with Crippen LogP contribution in [0.1, 0.15) is 16.7 Å². The zero-order valence-electron chi connectivity index (χ0n) is 11.5. The van der Waals surface area contributed by atoms with Crippen LogP contribution in [0, 0.1) is 18.8 Å². The Morgan fingerprint density at radius 2 is 2.14 bits per heavy atom. The fourth-order valence-corrected chi connectivity index (χ4v) is 2.92. The first-order chi connectivity index (χ1) is 10.0. The van der Waals surface area contributed by atoms with Gasteiger partial charge in [0.2, 0.25) is 10.0 Å². The van der Waals surface area contributed by atoms with Crippen LogP contribution in [0.4, 0.5) is 0 Å². The van der Waals surface area contributed by atoms with Crippen molar-refractivity contribution in [1.82, 2.24) is 4.72 Å². The zero-order chi connectivity index (χ0) is 15.3. The molecule has 2 N–H and O–H groups in total. The number of nitrogens with one attached hydrogen (secondary N) is 1. The Morgan fingerprint density at radius 3 is 2.81 bits per heavy atom. The van der Waals surface area contributed by atoms with Crippen LogP contribution in [0.15, 0.2) is 46.1 Å². The van der Waals surface area contributed by atoms with Crippen LogP contribution in [0.2, 0.25) is 0 Å². The number of hydrogen-bond donors (Lipinski definition) is 2.